The van der Waals surface area contributed by atoms with Crippen LogP contribution in [-0.4, -0.2) is 30.6 Å². The first-order valence-corrected chi connectivity index (χ1v) is 4.94. The number of nitrogens with one attached hydrogen (secondary N) is 1. The fourth-order valence-corrected chi connectivity index (χ4v) is 0.387. The molecule has 78 valence electrons. The van der Waals surface area contributed by atoms with Gasteiger partial charge in [-0.25, -0.2) is 0 Å². The van der Waals surface area contributed by atoms with Gasteiger partial charge in [-0.1, -0.05) is 18.2 Å². The van der Waals surface area contributed by atoms with Gasteiger partial charge in [-0.05, 0) is 6.92 Å². The quantitative estimate of drug-likeness (QED) is 0.360. The smallest absolute Gasteiger partial charge is 0.310 e. The largest absolute Gasteiger partial charge is 0.394 e. The molecule has 5 nitrogen and oxygen atoms in total. The van der Waals surface area contributed by atoms with E-state index < -0.39 is 10.4 Å². The van der Waals surface area contributed by atoms with Gasteiger partial charge in [0.1, 0.15) is 0 Å². The highest BCUT2D eigenvalue weighted by Gasteiger charge is 1.84. The minimum absolute atomic E-state index is 0.893. The fraction of sp³-hybridized carbons (Fsp3) is 0.429. The minimum Gasteiger partial charge on any atom is -0.310 e. The van der Waals surface area contributed by atoms with E-state index in [1.54, 1.807) is 0 Å². The molecule has 13 heavy (non-hydrogen) atoms. The van der Waals surface area contributed by atoms with E-state index in [0.29, 0.717) is 0 Å². The summed E-state index contributed by atoms with van der Waals surface area (Å²) in [6.07, 6.45) is 5.95. The lowest BCUT2D eigenvalue weighted by Crippen LogP contribution is -2.12. The molecule has 0 saturated carbocycles. The molecule has 0 bridgehead atoms. The van der Waals surface area contributed by atoms with Gasteiger partial charge in [0, 0.05) is 13.1 Å². The van der Waals surface area contributed by atoms with E-state index in [-0.39, 0.29) is 0 Å². The first-order chi connectivity index (χ1) is 5.91. The second-order valence-corrected chi connectivity index (χ2v) is 2.86. The Balaban J connectivity index is 0. The van der Waals surface area contributed by atoms with E-state index in [1.807, 2.05) is 19.1 Å². The molecule has 0 aliphatic heterocycles. The molecule has 0 radical (unpaired) electrons. The van der Waals surface area contributed by atoms with Gasteiger partial charge in [0.2, 0.25) is 0 Å². The normalized spacial score (nSPS) is 10.7. The van der Waals surface area contributed by atoms with Crippen molar-refractivity contribution in [2.24, 2.45) is 0 Å². The summed E-state index contributed by atoms with van der Waals surface area (Å²) in [5.74, 6) is 0. The molecule has 0 unspecified atom stereocenters. The first-order valence-electron chi connectivity index (χ1n) is 3.54. The Labute approximate surface area is 78.7 Å². The van der Waals surface area contributed by atoms with E-state index in [2.05, 4.69) is 18.0 Å². The monoisotopic (exact) mass is 209 g/mol. The lowest BCUT2D eigenvalue weighted by molar-refractivity contribution is 0.381. The van der Waals surface area contributed by atoms with Crippen LogP contribution in [0.2, 0.25) is 0 Å². The molecule has 0 aromatic rings. The van der Waals surface area contributed by atoms with Crippen LogP contribution >= 0.6 is 0 Å². The van der Waals surface area contributed by atoms with Crippen LogP contribution in [0.3, 0.4) is 0 Å². The Morgan fingerprint density at radius 1 is 1.38 bits per heavy atom. The van der Waals surface area contributed by atoms with Crippen molar-refractivity contribution < 1.29 is 17.5 Å². The zero-order chi connectivity index (χ0) is 10.7. The van der Waals surface area contributed by atoms with Crippen molar-refractivity contribution >= 4 is 10.4 Å². The summed E-state index contributed by atoms with van der Waals surface area (Å²) in [7, 11) is -4.67. The zero-order valence-corrected chi connectivity index (χ0v) is 8.29. The van der Waals surface area contributed by atoms with E-state index >= 15 is 0 Å². The summed E-state index contributed by atoms with van der Waals surface area (Å²) in [5.41, 5.74) is 0. The highest BCUT2D eigenvalue weighted by Crippen LogP contribution is 1.66. The average Bonchev–Trinajstić information content (AvgIpc) is 1.95. The van der Waals surface area contributed by atoms with Crippen molar-refractivity contribution in [1.29, 1.82) is 0 Å². The molecule has 0 spiro atoms. The Morgan fingerprint density at radius 2 is 1.85 bits per heavy atom. The van der Waals surface area contributed by atoms with Crippen LogP contribution in [0.4, 0.5) is 0 Å². The maximum Gasteiger partial charge on any atom is 0.394 e. The van der Waals surface area contributed by atoms with E-state index in [0.717, 1.165) is 13.1 Å². The maximum atomic E-state index is 8.74. The predicted octanol–water partition coefficient (Wildman–Crippen LogP) is 0.685. The summed E-state index contributed by atoms with van der Waals surface area (Å²) in [6.45, 7) is 7.42. The summed E-state index contributed by atoms with van der Waals surface area (Å²) in [5, 5.41) is 3.13. The molecule has 6 heteroatoms. The lowest BCUT2D eigenvalue weighted by atomic mass is 10.5. The molecule has 0 fully saturated rings. The van der Waals surface area contributed by atoms with Crippen molar-refractivity contribution in [3.05, 3.63) is 24.8 Å². The maximum absolute atomic E-state index is 8.74. The molecule has 0 aromatic heterocycles. The van der Waals surface area contributed by atoms with Crippen LogP contribution in [-0.2, 0) is 10.4 Å². The van der Waals surface area contributed by atoms with Crippen molar-refractivity contribution in [1.82, 2.24) is 5.32 Å². The molecular weight excluding hydrogens is 194 g/mol. The standard InChI is InChI=1S/C7H13N.H2O4S/c1-3-5-7-8-6-4-2;1-5(2,3)4/h3-5,8H,2,6-7H2,1H3;(H2,1,2,3,4). The van der Waals surface area contributed by atoms with Crippen molar-refractivity contribution in [3.63, 3.8) is 0 Å². The Morgan fingerprint density at radius 3 is 2.15 bits per heavy atom. The fourth-order valence-electron chi connectivity index (χ4n) is 0.387. The Kier molecular flexibility index (Phi) is 10.7. The second-order valence-electron chi connectivity index (χ2n) is 1.96. The first kappa shape index (κ1) is 14.8. The van der Waals surface area contributed by atoms with Gasteiger partial charge in [0.15, 0.2) is 0 Å². The van der Waals surface area contributed by atoms with E-state index in [1.165, 1.54) is 0 Å². The van der Waals surface area contributed by atoms with Crippen LogP contribution in [0.5, 0.6) is 0 Å². The van der Waals surface area contributed by atoms with Crippen LogP contribution in [0.25, 0.3) is 0 Å². The van der Waals surface area contributed by atoms with Crippen LogP contribution in [0, 0.1) is 0 Å². The van der Waals surface area contributed by atoms with Gasteiger partial charge in [0.25, 0.3) is 0 Å². The third-order valence-corrected chi connectivity index (χ3v) is 0.787. The lowest BCUT2D eigenvalue weighted by Gasteiger charge is -1.91. The van der Waals surface area contributed by atoms with Gasteiger partial charge in [-0.15, -0.1) is 6.58 Å². The minimum atomic E-state index is -4.67. The molecule has 0 aliphatic rings. The third-order valence-electron chi connectivity index (χ3n) is 0.787. The van der Waals surface area contributed by atoms with E-state index in [4.69, 9.17) is 17.5 Å². The van der Waals surface area contributed by atoms with Gasteiger partial charge in [0.05, 0.1) is 0 Å². The van der Waals surface area contributed by atoms with Crippen molar-refractivity contribution in [2.45, 2.75) is 6.92 Å². The SMILES string of the molecule is C=CCNCC=CC.O=S(=O)(O)O. The predicted molar refractivity (Wildman–Crippen MR) is 52.1 cm³/mol. The summed E-state index contributed by atoms with van der Waals surface area (Å²) >= 11 is 0. The topological polar surface area (TPSA) is 86.6 Å². The molecule has 3 N–H and O–H groups in total. The zero-order valence-electron chi connectivity index (χ0n) is 7.47. The number of allylic oxidation sites excluding steroid dienone is 1. The van der Waals surface area contributed by atoms with E-state index in [9.17, 15) is 0 Å². The molecule has 0 heterocycles. The van der Waals surface area contributed by atoms with Gasteiger partial charge in [-0.3, -0.25) is 9.11 Å². The number of rotatable bonds is 4. The second kappa shape index (κ2) is 9.40. The van der Waals surface area contributed by atoms with Crippen LogP contribution in [0.15, 0.2) is 24.8 Å². The third kappa shape index (κ3) is 52.8. The molecule has 0 amide bonds. The summed E-state index contributed by atoms with van der Waals surface area (Å²) < 4.78 is 31.6. The molecule has 0 aliphatic carbocycles. The Hall–Kier alpha value is -0.690. The van der Waals surface area contributed by atoms with Gasteiger partial charge >= 0.3 is 10.4 Å². The van der Waals surface area contributed by atoms with Crippen LogP contribution < -0.4 is 5.32 Å². The van der Waals surface area contributed by atoms with Crippen LogP contribution in [0.1, 0.15) is 6.92 Å². The van der Waals surface area contributed by atoms with Crippen molar-refractivity contribution in [3.8, 4) is 0 Å². The molecule has 0 saturated heterocycles. The van der Waals surface area contributed by atoms with Crippen molar-refractivity contribution in [2.75, 3.05) is 13.1 Å². The Bertz CT molecular complexity index is 225. The van der Waals surface area contributed by atoms with Gasteiger partial charge in [-0.2, -0.15) is 8.42 Å². The average molecular weight is 209 g/mol. The molecule has 0 aromatic carbocycles. The number of hydrogen-bond donors (Lipinski definition) is 3. The number of hydrogen-bond acceptors (Lipinski definition) is 3. The summed E-state index contributed by atoms with van der Waals surface area (Å²) in [4.78, 5) is 0. The molecule has 0 atom stereocenters. The summed E-state index contributed by atoms with van der Waals surface area (Å²) in [6, 6.07) is 0. The van der Waals surface area contributed by atoms with Gasteiger partial charge < -0.3 is 5.32 Å². The highest BCUT2D eigenvalue weighted by molar-refractivity contribution is 7.79. The molecule has 0 rings (SSSR count). The molecular formula is C7H15NO4S. The highest BCUT2D eigenvalue weighted by atomic mass is 32.3.